The largest absolute Gasteiger partial charge is 0.131 e. The van der Waals surface area contributed by atoms with E-state index in [0.717, 1.165) is 0 Å². The van der Waals surface area contributed by atoms with Crippen LogP contribution in [0.4, 0.5) is 0 Å². The molecule has 3 aromatic heterocycles. The summed E-state index contributed by atoms with van der Waals surface area (Å²) in [5.74, 6) is 5.11. The fourth-order valence-electron chi connectivity index (χ4n) is 2.34. The Morgan fingerprint density at radius 2 is 0.947 bits per heavy atom. The van der Waals surface area contributed by atoms with Crippen LogP contribution in [0.1, 0.15) is 0 Å². The molecule has 19 heavy (non-hydrogen) atoms. The van der Waals surface area contributed by atoms with Crippen molar-refractivity contribution in [2.45, 2.75) is 18.2 Å². The van der Waals surface area contributed by atoms with Gasteiger partial charge >= 0.3 is 0 Å². The zero-order valence-electron chi connectivity index (χ0n) is 9.69. The lowest BCUT2D eigenvalue weighted by molar-refractivity contribution is 1.38. The van der Waals surface area contributed by atoms with Gasteiger partial charge < -0.3 is 0 Å². The Balaban J connectivity index is 1.85. The minimum Gasteiger partial charge on any atom is -0.131 e. The second-order valence-electron chi connectivity index (χ2n) is 4.25. The monoisotopic (exact) mass is 376 g/mol. The fourth-order valence-corrected chi connectivity index (χ4v) is 12.8. The third-order valence-electron chi connectivity index (χ3n) is 3.12. The van der Waals surface area contributed by atoms with Crippen molar-refractivity contribution in [2.24, 2.45) is 0 Å². The first-order valence-corrected chi connectivity index (χ1v) is 12.3. The lowest BCUT2D eigenvalue weighted by Crippen LogP contribution is -1.89. The second-order valence-corrected chi connectivity index (χ2v) is 12.2. The lowest BCUT2D eigenvalue weighted by atomic mass is 10.5. The van der Waals surface area contributed by atoms with Gasteiger partial charge in [0.05, 0.1) is 27.2 Å². The van der Waals surface area contributed by atoms with Crippen molar-refractivity contribution < 1.29 is 0 Å². The van der Waals surface area contributed by atoms with Crippen LogP contribution >= 0.6 is 81.1 Å². The van der Waals surface area contributed by atoms with E-state index in [-0.39, 0.29) is 0 Å². The number of fused-ring (bicyclic) bond motifs is 7. The Morgan fingerprint density at radius 1 is 0.474 bits per heavy atom. The Morgan fingerprint density at radius 3 is 1.47 bits per heavy atom. The molecular formula is C12H8S7. The van der Waals surface area contributed by atoms with Crippen LogP contribution in [0.15, 0.2) is 18.2 Å². The molecule has 0 radical (unpaired) electrons. The number of thiophene rings is 3. The van der Waals surface area contributed by atoms with Crippen LogP contribution in [0.3, 0.4) is 0 Å². The zero-order valence-corrected chi connectivity index (χ0v) is 15.4. The van der Waals surface area contributed by atoms with Gasteiger partial charge in [0.2, 0.25) is 0 Å². The summed E-state index contributed by atoms with van der Waals surface area (Å²) in [5.41, 5.74) is 0. The number of hydrogen-bond donors (Lipinski definition) is 0. The summed E-state index contributed by atoms with van der Waals surface area (Å²) in [7, 11) is 0. The predicted octanol–water partition coefficient (Wildman–Crippen LogP) is 6.57. The number of rotatable bonds is 0. The van der Waals surface area contributed by atoms with E-state index in [1.807, 2.05) is 22.7 Å². The summed E-state index contributed by atoms with van der Waals surface area (Å²) in [5, 5.41) is 0. The highest BCUT2D eigenvalue weighted by Gasteiger charge is 2.26. The van der Waals surface area contributed by atoms with Crippen molar-refractivity contribution in [1.29, 1.82) is 0 Å². The summed E-state index contributed by atoms with van der Waals surface area (Å²) >= 11 is 14.4. The summed E-state index contributed by atoms with van der Waals surface area (Å²) in [6, 6.07) is 0. The molecule has 3 aromatic rings. The van der Waals surface area contributed by atoms with E-state index in [1.54, 1.807) is 37.0 Å². The van der Waals surface area contributed by atoms with E-state index in [0.29, 0.717) is 0 Å². The summed E-state index contributed by atoms with van der Waals surface area (Å²) in [4.78, 5) is 3.18. The van der Waals surface area contributed by atoms with Crippen LogP contribution in [-0.4, -0.2) is 23.0 Å². The average Bonchev–Trinajstić information content (AvgIpc) is 3.07. The van der Waals surface area contributed by atoms with Crippen LogP contribution in [0, 0.1) is 0 Å². The van der Waals surface area contributed by atoms with Crippen molar-refractivity contribution in [3.8, 4) is 0 Å². The van der Waals surface area contributed by atoms with Crippen molar-refractivity contribution in [1.82, 2.24) is 0 Å². The molecule has 0 atom stereocenters. The zero-order chi connectivity index (χ0) is 12.4. The Bertz CT molecular complexity index is 725. The topological polar surface area (TPSA) is 0 Å². The Hall–Kier alpha value is 1.02. The normalized spacial score (nSPS) is 18.9. The highest BCUT2D eigenvalue weighted by atomic mass is 32.2. The van der Waals surface area contributed by atoms with Gasteiger partial charge in [-0.2, -0.15) is 0 Å². The fraction of sp³-hybridized carbons (Fsp3) is 0.333. The van der Waals surface area contributed by atoms with Gasteiger partial charge in [-0.15, -0.1) is 81.1 Å². The summed E-state index contributed by atoms with van der Waals surface area (Å²) in [6.45, 7) is 0. The molecule has 2 aliphatic rings. The standard InChI is InChI=1S/C12H8S7/c1-3-15-11-9(13-1)7-5(18-11)6-8(17-7)10-12(19-6)16-4-2-14-10/h1-4H2. The predicted molar refractivity (Wildman–Crippen MR) is 98.0 cm³/mol. The highest BCUT2D eigenvalue weighted by Crippen LogP contribution is 2.58. The molecule has 0 amide bonds. The maximum Gasteiger partial charge on any atom is 0.0756 e. The minimum atomic E-state index is 1.28. The van der Waals surface area contributed by atoms with Crippen molar-refractivity contribution >= 4 is 99.9 Å². The molecule has 5 rings (SSSR count). The third kappa shape index (κ3) is 1.82. The van der Waals surface area contributed by atoms with Crippen molar-refractivity contribution in [2.75, 3.05) is 23.0 Å². The van der Waals surface area contributed by atoms with Gasteiger partial charge in [0.25, 0.3) is 0 Å². The molecule has 0 N–H and O–H groups in total. The average molecular weight is 377 g/mol. The van der Waals surface area contributed by atoms with E-state index in [4.69, 9.17) is 0 Å². The van der Waals surface area contributed by atoms with Gasteiger partial charge in [-0.05, 0) is 0 Å². The molecule has 2 aliphatic heterocycles. The molecule has 0 saturated carbocycles. The summed E-state index contributed by atoms with van der Waals surface area (Å²) in [6.07, 6.45) is 0. The third-order valence-corrected chi connectivity index (χ3v) is 13.2. The molecule has 0 saturated heterocycles. The molecular weight excluding hydrogens is 369 g/mol. The molecule has 0 bridgehead atoms. The van der Waals surface area contributed by atoms with E-state index in [1.165, 1.54) is 23.0 Å². The van der Waals surface area contributed by atoms with Gasteiger partial charge in [0.15, 0.2) is 0 Å². The first-order valence-electron chi connectivity index (χ1n) is 5.95. The first-order chi connectivity index (χ1) is 9.42. The first kappa shape index (κ1) is 12.6. The lowest BCUT2D eigenvalue weighted by Gasteiger charge is -2.09. The maximum atomic E-state index is 2.07. The summed E-state index contributed by atoms with van der Waals surface area (Å²) < 4.78 is 9.46. The molecule has 0 nitrogen and oxygen atoms in total. The van der Waals surface area contributed by atoms with Crippen LogP contribution in [0.5, 0.6) is 0 Å². The minimum absolute atomic E-state index is 1.28. The number of thioether (sulfide) groups is 4. The van der Waals surface area contributed by atoms with Crippen LogP contribution in [0.25, 0.3) is 18.8 Å². The van der Waals surface area contributed by atoms with E-state index in [9.17, 15) is 0 Å². The van der Waals surface area contributed by atoms with Gasteiger partial charge in [0.1, 0.15) is 0 Å². The van der Waals surface area contributed by atoms with E-state index < -0.39 is 0 Å². The molecule has 0 aromatic carbocycles. The van der Waals surface area contributed by atoms with Gasteiger partial charge in [-0.3, -0.25) is 0 Å². The quantitative estimate of drug-likeness (QED) is 0.435. The smallest absolute Gasteiger partial charge is 0.0756 e. The Labute approximate surface area is 140 Å². The molecule has 98 valence electrons. The molecule has 0 unspecified atom stereocenters. The van der Waals surface area contributed by atoms with Crippen LogP contribution in [-0.2, 0) is 0 Å². The SMILES string of the molecule is C1CSc2c(sc3c2sc2c4c(sc23)SCCS4)S1. The van der Waals surface area contributed by atoms with Crippen molar-refractivity contribution in [3.63, 3.8) is 0 Å². The van der Waals surface area contributed by atoms with Crippen molar-refractivity contribution in [3.05, 3.63) is 0 Å². The van der Waals surface area contributed by atoms with Gasteiger partial charge in [-0.25, -0.2) is 0 Å². The molecule has 0 aliphatic carbocycles. The molecule has 5 heterocycles. The van der Waals surface area contributed by atoms with Crippen LogP contribution < -0.4 is 0 Å². The second kappa shape index (κ2) is 4.76. The van der Waals surface area contributed by atoms with Gasteiger partial charge in [-0.1, -0.05) is 0 Å². The van der Waals surface area contributed by atoms with E-state index >= 15 is 0 Å². The maximum absolute atomic E-state index is 2.07. The van der Waals surface area contributed by atoms with E-state index in [2.05, 4.69) is 58.4 Å². The molecule has 7 heteroatoms. The highest BCUT2D eigenvalue weighted by molar-refractivity contribution is 8.08. The van der Waals surface area contributed by atoms with Crippen LogP contribution in [0.2, 0.25) is 0 Å². The Kier molecular flexibility index (Phi) is 3.14. The van der Waals surface area contributed by atoms with Gasteiger partial charge in [0, 0.05) is 32.8 Å². The number of hydrogen-bond acceptors (Lipinski definition) is 7. The molecule has 0 fully saturated rings. The molecule has 0 spiro atoms.